The molecule has 0 saturated carbocycles. The van der Waals surface area contributed by atoms with Gasteiger partial charge >= 0.3 is 0 Å². The second kappa shape index (κ2) is 8.99. The van der Waals surface area contributed by atoms with E-state index in [2.05, 4.69) is 21.2 Å². The van der Waals surface area contributed by atoms with Crippen LogP contribution >= 0.6 is 28.1 Å². The molecule has 1 aromatic heterocycles. The van der Waals surface area contributed by atoms with E-state index in [1.165, 1.54) is 0 Å². The minimum Gasteiger partial charge on any atom is -0.324 e. The molecule has 0 aliphatic carbocycles. The Morgan fingerprint density at radius 1 is 0.968 bits per heavy atom. The van der Waals surface area contributed by atoms with E-state index in [0.29, 0.717) is 10.6 Å². The molecule has 7 heteroatoms. The number of carbonyl (C=O) groups is 1. The van der Waals surface area contributed by atoms with Crippen LogP contribution < -0.4 is 5.32 Å². The van der Waals surface area contributed by atoms with E-state index in [0.717, 1.165) is 32.5 Å². The van der Waals surface area contributed by atoms with Gasteiger partial charge in [-0.1, -0.05) is 70.5 Å². The van der Waals surface area contributed by atoms with E-state index in [-0.39, 0.29) is 12.5 Å². The molecule has 156 valence electrons. The number of rotatable bonds is 5. The number of para-hydroxylation sites is 2. The van der Waals surface area contributed by atoms with E-state index in [9.17, 15) is 4.79 Å². The van der Waals surface area contributed by atoms with Crippen molar-refractivity contribution in [3.63, 3.8) is 0 Å². The average Bonchev–Trinajstić information content (AvgIpc) is 3.07. The van der Waals surface area contributed by atoms with E-state index >= 15 is 0 Å². The standard InChI is InChI=1S/C24H21BrN4OS/c1-16-9-8-10-17(2)22(16)26-21(30)15-28-24(31)29(18-11-4-3-5-12-18)23(27-28)19-13-6-7-14-20(19)25/h3-14H,15H2,1-2H3,(H,26,30). The monoisotopic (exact) mass is 492 g/mol. The van der Waals surface area contributed by atoms with Gasteiger partial charge in [-0.25, -0.2) is 4.68 Å². The molecule has 0 atom stereocenters. The van der Waals surface area contributed by atoms with Gasteiger partial charge in [-0.3, -0.25) is 9.36 Å². The Labute approximate surface area is 194 Å². The molecule has 0 bridgehead atoms. The number of amides is 1. The normalized spacial score (nSPS) is 10.8. The second-order valence-electron chi connectivity index (χ2n) is 7.23. The molecule has 5 nitrogen and oxygen atoms in total. The second-order valence-corrected chi connectivity index (χ2v) is 8.45. The molecule has 1 heterocycles. The van der Waals surface area contributed by atoms with Gasteiger partial charge in [-0.05, 0) is 55.4 Å². The van der Waals surface area contributed by atoms with Crippen molar-refractivity contribution in [3.05, 3.63) is 93.2 Å². The van der Waals surface area contributed by atoms with Crippen LogP contribution in [0.2, 0.25) is 0 Å². The van der Waals surface area contributed by atoms with E-state index in [1.54, 1.807) is 4.68 Å². The van der Waals surface area contributed by atoms with Crippen LogP contribution in [0.3, 0.4) is 0 Å². The SMILES string of the molecule is Cc1cccc(C)c1NC(=O)Cn1nc(-c2ccccc2Br)n(-c2ccccc2)c1=S. The molecule has 0 aliphatic rings. The smallest absolute Gasteiger partial charge is 0.246 e. The molecule has 4 rings (SSSR count). The van der Waals surface area contributed by atoms with Crippen LogP contribution in [0.5, 0.6) is 0 Å². The van der Waals surface area contributed by atoms with Crippen molar-refractivity contribution in [1.82, 2.24) is 14.3 Å². The van der Waals surface area contributed by atoms with Crippen molar-refractivity contribution in [1.29, 1.82) is 0 Å². The third kappa shape index (κ3) is 4.38. The van der Waals surface area contributed by atoms with Gasteiger partial charge in [-0.15, -0.1) is 0 Å². The number of halogens is 1. The molecular weight excluding hydrogens is 472 g/mol. The maximum Gasteiger partial charge on any atom is 0.246 e. The van der Waals surface area contributed by atoms with Gasteiger partial charge in [0.2, 0.25) is 10.7 Å². The summed E-state index contributed by atoms with van der Waals surface area (Å²) in [6.45, 7) is 3.97. The lowest BCUT2D eigenvalue weighted by Crippen LogP contribution is -2.21. The Hall–Kier alpha value is -3.03. The Kier molecular flexibility index (Phi) is 6.15. The number of hydrogen-bond donors (Lipinski definition) is 1. The molecule has 31 heavy (non-hydrogen) atoms. The van der Waals surface area contributed by atoms with Gasteiger partial charge < -0.3 is 5.32 Å². The maximum absolute atomic E-state index is 12.9. The van der Waals surface area contributed by atoms with Gasteiger partial charge in [0, 0.05) is 21.4 Å². The lowest BCUT2D eigenvalue weighted by atomic mass is 10.1. The van der Waals surface area contributed by atoms with Crippen molar-refractivity contribution in [2.75, 3.05) is 5.32 Å². The molecule has 3 aromatic carbocycles. The van der Waals surface area contributed by atoms with Crippen LogP contribution in [-0.4, -0.2) is 20.3 Å². The highest BCUT2D eigenvalue weighted by atomic mass is 79.9. The summed E-state index contributed by atoms with van der Waals surface area (Å²) >= 11 is 9.35. The first-order valence-electron chi connectivity index (χ1n) is 9.82. The van der Waals surface area contributed by atoms with Crippen LogP contribution in [-0.2, 0) is 11.3 Å². The highest BCUT2D eigenvalue weighted by Gasteiger charge is 2.18. The third-order valence-electron chi connectivity index (χ3n) is 5.01. The van der Waals surface area contributed by atoms with Gasteiger partial charge in [0.15, 0.2) is 5.82 Å². The number of anilines is 1. The van der Waals surface area contributed by atoms with Gasteiger partial charge in [0.25, 0.3) is 0 Å². The average molecular weight is 493 g/mol. The van der Waals surface area contributed by atoms with Crippen molar-refractivity contribution in [2.24, 2.45) is 0 Å². The number of nitrogens with one attached hydrogen (secondary N) is 1. The summed E-state index contributed by atoms with van der Waals surface area (Å²) < 4.78 is 4.81. The summed E-state index contributed by atoms with van der Waals surface area (Å²) in [5.41, 5.74) is 4.64. The summed E-state index contributed by atoms with van der Waals surface area (Å²) in [4.78, 5) is 12.9. The van der Waals surface area contributed by atoms with Crippen LogP contribution in [0, 0.1) is 18.6 Å². The number of hydrogen-bond acceptors (Lipinski definition) is 3. The summed E-state index contributed by atoms with van der Waals surface area (Å²) in [5.74, 6) is 0.494. The van der Waals surface area contributed by atoms with Gasteiger partial charge in [-0.2, -0.15) is 5.10 Å². The Balaban J connectivity index is 1.75. The molecule has 0 spiro atoms. The minimum absolute atomic E-state index is 0.0178. The van der Waals surface area contributed by atoms with Gasteiger partial charge in [0.05, 0.1) is 0 Å². The molecule has 0 aliphatic heterocycles. The Morgan fingerprint density at radius 2 is 1.61 bits per heavy atom. The summed E-state index contributed by atoms with van der Waals surface area (Å²) in [5, 5.41) is 7.74. The highest BCUT2D eigenvalue weighted by Crippen LogP contribution is 2.29. The molecule has 4 aromatic rings. The van der Waals surface area contributed by atoms with Crippen molar-refractivity contribution in [3.8, 4) is 17.1 Å². The number of nitrogens with zero attached hydrogens (tertiary/aromatic N) is 3. The molecule has 0 unspecified atom stereocenters. The zero-order valence-corrected chi connectivity index (χ0v) is 19.6. The van der Waals surface area contributed by atoms with Crippen LogP contribution in [0.1, 0.15) is 11.1 Å². The Morgan fingerprint density at radius 3 is 2.29 bits per heavy atom. The lowest BCUT2D eigenvalue weighted by molar-refractivity contribution is -0.116. The zero-order chi connectivity index (χ0) is 22.0. The number of benzene rings is 3. The number of carbonyl (C=O) groups excluding carboxylic acids is 1. The van der Waals surface area contributed by atoms with Gasteiger partial charge in [0.1, 0.15) is 6.54 Å². The highest BCUT2D eigenvalue weighted by molar-refractivity contribution is 9.10. The number of aromatic nitrogens is 3. The van der Waals surface area contributed by atoms with E-state index in [4.69, 9.17) is 17.3 Å². The first-order valence-corrected chi connectivity index (χ1v) is 11.0. The predicted octanol–water partition coefficient (Wildman–Crippen LogP) is 6.09. The minimum atomic E-state index is -0.176. The fourth-order valence-electron chi connectivity index (χ4n) is 3.46. The molecular formula is C24H21BrN4OS. The molecule has 1 amide bonds. The van der Waals surface area contributed by atoms with E-state index < -0.39 is 0 Å². The molecule has 1 N–H and O–H groups in total. The Bertz CT molecular complexity index is 1290. The molecule has 0 radical (unpaired) electrons. The van der Waals surface area contributed by atoms with Crippen molar-refractivity contribution >= 4 is 39.7 Å². The molecule has 0 fully saturated rings. The maximum atomic E-state index is 12.9. The number of aryl methyl sites for hydroxylation is 2. The summed E-state index contributed by atoms with van der Waals surface area (Å²) in [6.07, 6.45) is 0. The van der Waals surface area contributed by atoms with Crippen LogP contribution in [0.4, 0.5) is 5.69 Å². The molecule has 0 saturated heterocycles. The largest absolute Gasteiger partial charge is 0.324 e. The predicted molar refractivity (Wildman–Crippen MR) is 130 cm³/mol. The fourth-order valence-corrected chi connectivity index (χ4v) is 4.22. The quantitative estimate of drug-likeness (QED) is 0.343. The fraction of sp³-hybridized carbons (Fsp3) is 0.125. The van der Waals surface area contributed by atoms with Crippen LogP contribution in [0.15, 0.2) is 77.3 Å². The lowest BCUT2D eigenvalue weighted by Gasteiger charge is -2.11. The third-order valence-corrected chi connectivity index (χ3v) is 6.09. The van der Waals surface area contributed by atoms with Crippen LogP contribution in [0.25, 0.3) is 17.1 Å². The van der Waals surface area contributed by atoms with Crippen molar-refractivity contribution in [2.45, 2.75) is 20.4 Å². The summed E-state index contributed by atoms with van der Waals surface area (Å²) in [6, 6.07) is 23.6. The zero-order valence-electron chi connectivity index (χ0n) is 17.2. The van der Waals surface area contributed by atoms with E-state index in [1.807, 2.05) is 91.2 Å². The first kappa shape index (κ1) is 21.2. The summed E-state index contributed by atoms with van der Waals surface area (Å²) in [7, 11) is 0. The topological polar surface area (TPSA) is 51.9 Å². The first-order chi connectivity index (χ1) is 15.0. The van der Waals surface area contributed by atoms with Crippen molar-refractivity contribution < 1.29 is 4.79 Å².